The molecule has 0 bridgehead atoms. The molecule has 2 rings (SSSR count). The van der Waals surface area contributed by atoms with Crippen molar-refractivity contribution >= 4 is 50.7 Å². The Bertz CT molecular complexity index is 1140. The molecular weight excluding hydrogens is 513 g/mol. The Morgan fingerprint density at radius 3 is 2.20 bits per heavy atom. The zero-order chi connectivity index (χ0) is 26.3. The van der Waals surface area contributed by atoms with E-state index in [1.54, 1.807) is 31.2 Å². The van der Waals surface area contributed by atoms with E-state index in [-0.39, 0.29) is 29.1 Å². The van der Waals surface area contributed by atoms with Crippen molar-refractivity contribution in [1.82, 2.24) is 10.2 Å². The van der Waals surface area contributed by atoms with E-state index in [2.05, 4.69) is 5.32 Å². The molecule has 192 valence electrons. The zero-order valence-corrected chi connectivity index (χ0v) is 22.7. The average Bonchev–Trinajstić information content (AvgIpc) is 2.79. The standard InChI is InChI=1S/C24H31Cl2N3O5S/c1-16(2)13-27-24(31)17(3)28(14-18-6-8-19(25)9-7-18)23(30)15-29(35(5,32)33)20-10-11-22(34-4)21(26)12-20/h6-12,16-17H,13-15H2,1-5H3,(H,27,31)/t17-/m1/s1. The molecule has 2 aromatic carbocycles. The maximum absolute atomic E-state index is 13.5. The lowest BCUT2D eigenvalue weighted by atomic mass is 10.1. The Morgan fingerprint density at radius 1 is 1.06 bits per heavy atom. The summed E-state index contributed by atoms with van der Waals surface area (Å²) in [5, 5.41) is 3.57. The second kappa shape index (κ2) is 12.5. The van der Waals surface area contributed by atoms with Crippen LogP contribution in [-0.2, 0) is 26.2 Å². The molecule has 0 saturated carbocycles. The van der Waals surface area contributed by atoms with Crippen molar-refractivity contribution in [2.45, 2.75) is 33.4 Å². The second-order valence-corrected chi connectivity index (χ2v) is 11.3. The molecule has 1 N–H and O–H groups in total. The summed E-state index contributed by atoms with van der Waals surface area (Å²) in [6, 6.07) is 10.5. The van der Waals surface area contributed by atoms with Crippen LogP contribution in [-0.4, -0.2) is 57.6 Å². The van der Waals surface area contributed by atoms with Gasteiger partial charge in [0.1, 0.15) is 18.3 Å². The molecule has 1 atom stereocenters. The van der Waals surface area contributed by atoms with E-state index in [4.69, 9.17) is 27.9 Å². The molecule has 0 aliphatic rings. The fourth-order valence-corrected chi connectivity index (χ4v) is 4.47. The van der Waals surface area contributed by atoms with Crippen LogP contribution >= 0.6 is 23.2 Å². The van der Waals surface area contributed by atoms with Crippen molar-refractivity contribution in [3.05, 3.63) is 58.1 Å². The number of hydrogen-bond acceptors (Lipinski definition) is 5. The van der Waals surface area contributed by atoms with Gasteiger partial charge in [-0.15, -0.1) is 0 Å². The SMILES string of the molecule is COc1ccc(N(CC(=O)N(Cc2ccc(Cl)cc2)[C@H](C)C(=O)NCC(C)C)S(C)(=O)=O)cc1Cl. The van der Waals surface area contributed by atoms with Gasteiger partial charge in [0.2, 0.25) is 21.8 Å². The van der Waals surface area contributed by atoms with E-state index in [0.717, 1.165) is 16.1 Å². The summed E-state index contributed by atoms with van der Waals surface area (Å²) in [6.07, 6.45) is 1.00. The number of rotatable bonds is 11. The largest absolute Gasteiger partial charge is 0.495 e. The minimum atomic E-state index is -3.86. The van der Waals surface area contributed by atoms with Crippen molar-refractivity contribution in [3.63, 3.8) is 0 Å². The topological polar surface area (TPSA) is 96.0 Å². The highest BCUT2D eigenvalue weighted by Gasteiger charge is 2.30. The predicted octanol–water partition coefficient (Wildman–Crippen LogP) is 3.96. The number of halogens is 2. The molecule has 2 aromatic rings. The fraction of sp³-hybridized carbons (Fsp3) is 0.417. The minimum absolute atomic E-state index is 0.0905. The zero-order valence-electron chi connectivity index (χ0n) is 20.4. The highest BCUT2D eigenvalue weighted by molar-refractivity contribution is 7.92. The first kappa shape index (κ1) is 28.7. The number of methoxy groups -OCH3 is 1. The lowest BCUT2D eigenvalue weighted by molar-refractivity contribution is -0.139. The van der Waals surface area contributed by atoms with Crippen LogP contribution in [0, 0.1) is 5.92 Å². The maximum atomic E-state index is 13.5. The van der Waals surface area contributed by atoms with Crippen molar-refractivity contribution in [2.75, 3.05) is 30.8 Å². The van der Waals surface area contributed by atoms with Crippen LogP contribution in [0.3, 0.4) is 0 Å². The van der Waals surface area contributed by atoms with Gasteiger partial charge in [0.15, 0.2) is 0 Å². The summed E-state index contributed by atoms with van der Waals surface area (Å²) in [5.41, 5.74) is 0.944. The third-order valence-corrected chi connectivity index (χ3v) is 6.91. The molecule has 0 spiro atoms. The first-order valence-electron chi connectivity index (χ1n) is 11.0. The molecule has 0 fully saturated rings. The highest BCUT2D eigenvalue weighted by Crippen LogP contribution is 2.30. The van der Waals surface area contributed by atoms with Crippen molar-refractivity contribution in [2.24, 2.45) is 5.92 Å². The van der Waals surface area contributed by atoms with Crippen LogP contribution in [0.5, 0.6) is 5.75 Å². The van der Waals surface area contributed by atoms with E-state index in [0.29, 0.717) is 17.3 Å². The van der Waals surface area contributed by atoms with Crippen LogP contribution in [0.2, 0.25) is 10.0 Å². The third kappa shape index (κ3) is 8.30. The van der Waals surface area contributed by atoms with Crippen LogP contribution < -0.4 is 14.4 Å². The first-order valence-corrected chi connectivity index (χ1v) is 13.6. The number of benzene rings is 2. The van der Waals surface area contributed by atoms with Gasteiger partial charge in [-0.05, 0) is 48.7 Å². The summed E-state index contributed by atoms with van der Waals surface area (Å²) >= 11 is 12.2. The molecular formula is C24H31Cl2N3O5S. The van der Waals surface area contributed by atoms with Gasteiger partial charge in [0, 0.05) is 18.1 Å². The molecule has 0 unspecified atom stereocenters. The number of ether oxygens (including phenoxy) is 1. The molecule has 35 heavy (non-hydrogen) atoms. The molecule has 2 amide bonds. The highest BCUT2D eigenvalue weighted by atomic mass is 35.5. The lowest BCUT2D eigenvalue weighted by Gasteiger charge is -2.31. The summed E-state index contributed by atoms with van der Waals surface area (Å²) in [7, 11) is -2.42. The van der Waals surface area contributed by atoms with Gasteiger partial charge >= 0.3 is 0 Å². The number of carbonyl (C=O) groups is 2. The fourth-order valence-electron chi connectivity index (χ4n) is 3.25. The van der Waals surface area contributed by atoms with E-state index in [1.807, 2.05) is 13.8 Å². The summed E-state index contributed by atoms with van der Waals surface area (Å²) in [5.74, 6) is -0.286. The van der Waals surface area contributed by atoms with Gasteiger partial charge in [-0.2, -0.15) is 0 Å². The molecule has 11 heteroatoms. The molecule has 0 saturated heterocycles. The third-order valence-electron chi connectivity index (χ3n) is 5.22. The van der Waals surface area contributed by atoms with Gasteiger partial charge in [-0.3, -0.25) is 13.9 Å². The van der Waals surface area contributed by atoms with Gasteiger partial charge < -0.3 is 15.0 Å². The van der Waals surface area contributed by atoms with E-state index >= 15 is 0 Å². The molecule has 0 radical (unpaired) electrons. The van der Waals surface area contributed by atoms with Crippen LogP contribution in [0.15, 0.2) is 42.5 Å². The Hall–Kier alpha value is -2.49. The molecule has 0 heterocycles. The van der Waals surface area contributed by atoms with Crippen LogP contribution in [0.25, 0.3) is 0 Å². The number of amides is 2. The number of carbonyl (C=O) groups excluding carboxylic acids is 2. The number of sulfonamides is 1. The molecule has 8 nitrogen and oxygen atoms in total. The van der Waals surface area contributed by atoms with E-state index in [1.165, 1.54) is 30.2 Å². The number of anilines is 1. The van der Waals surface area contributed by atoms with Gasteiger partial charge in [0.05, 0.1) is 24.1 Å². The van der Waals surface area contributed by atoms with Gasteiger partial charge in [-0.1, -0.05) is 49.2 Å². The Labute approximate surface area is 217 Å². The first-order chi connectivity index (χ1) is 16.3. The maximum Gasteiger partial charge on any atom is 0.244 e. The number of nitrogens with zero attached hydrogens (tertiary/aromatic N) is 2. The van der Waals surface area contributed by atoms with Gasteiger partial charge in [-0.25, -0.2) is 8.42 Å². The monoisotopic (exact) mass is 543 g/mol. The molecule has 0 aliphatic heterocycles. The van der Waals surface area contributed by atoms with E-state index < -0.39 is 28.5 Å². The van der Waals surface area contributed by atoms with E-state index in [9.17, 15) is 18.0 Å². The summed E-state index contributed by atoms with van der Waals surface area (Å²) < 4.78 is 31.3. The molecule has 0 aromatic heterocycles. The van der Waals surface area contributed by atoms with Crippen LogP contribution in [0.4, 0.5) is 5.69 Å². The van der Waals surface area contributed by atoms with Gasteiger partial charge in [0.25, 0.3) is 0 Å². The minimum Gasteiger partial charge on any atom is -0.495 e. The second-order valence-electron chi connectivity index (χ2n) is 8.55. The Morgan fingerprint density at radius 2 is 1.69 bits per heavy atom. The predicted molar refractivity (Wildman–Crippen MR) is 140 cm³/mol. The van der Waals surface area contributed by atoms with Crippen molar-refractivity contribution < 1.29 is 22.7 Å². The Balaban J connectivity index is 2.38. The van der Waals surface area contributed by atoms with Crippen LogP contribution in [0.1, 0.15) is 26.3 Å². The number of nitrogens with one attached hydrogen (secondary N) is 1. The van der Waals surface area contributed by atoms with Crippen molar-refractivity contribution in [3.8, 4) is 5.75 Å². The number of hydrogen-bond donors (Lipinski definition) is 1. The average molecular weight is 545 g/mol. The lowest BCUT2D eigenvalue weighted by Crippen LogP contribution is -2.51. The quantitative estimate of drug-likeness (QED) is 0.462. The van der Waals surface area contributed by atoms with Crippen molar-refractivity contribution in [1.29, 1.82) is 0 Å². The smallest absolute Gasteiger partial charge is 0.244 e. The summed E-state index contributed by atoms with van der Waals surface area (Å²) in [6.45, 7) is 5.56. The summed E-state index contributed by atoms with van der Waals surface area (Å²) in [4.78, 5) is 27.7. The Kier molecular flexibility index (Phi) is 10.2. The molecule has 0 aliphatic carbocycles. The normalized spacial score (nSPS) is 12.2.